The molecule has 30 heavy (non-hydrogen) atoms. The molecule has 0 N–H and O–H groups in total. The van der Waals surface area contributed by atoms with Crippen molar-refractivity contribution in [3.63, 3.8) is 0 Å². The Bertz CT molecular complexity index is 967. The largest absolute Gasteiger partial charge is 0.371 e. The van der Waals surface area contributed by atoms with E-state index in [2.05, 4.69) is 61.8 Å². The average molecular weight is 422 g/mol. The first-order valence-corrected chi connectivity index (χ1v) is 11.5. The summed E-state index contributed by atoms with van der Waals surface area (Å²) in [6, 6.07) is 15.5. The van der Waals surface area contributed by atoms with Crippen LogP contribution in [-0.4, -0.2) is 25.7 Å². The Hall–Kier alpha value is -2.18. The van der Waals surface area contributed by atoms with Crippen LogP contribution in [0.4, 0.5) is 11.4 Å². The Morgan fingerprint density at radius 2 is 1.80 bits per heavy atom. The molecule has 0 radical (unpaired) electrons. The number of halogens is 1. The van der Waals surface area contributed by atoms with E-state index in [-0.39, 0.29) is 0 Å². The highest BCUT2D eigenvalue weighted by Crippen LogP contribution is 2.46. The maximum atomic E-state index is 9.15. The summed E-state index contributed by atoms with van der Waals surface area (Å²) in [4.78, 5) is 5.05. The van der Waals surface area contributed by atoms with Gasteiger partial charge in [-0.3, -0.25) is 0 Å². The van der Waals surface area contributed by atoms with E-state index in [4.69, 9.17) is 16.9 Å². The molecule has 0 aromatic heterocycles. The summed E-state index contributed by atoms with van der Waals surface area (Å²) in [5, 5.41) is 9.70. The number of benzene rings is 2. The number of rotatable bonds is 3. The first-order chi connectivity index (χ1) is 14.3. The van der Waals surface area contributed by atoms with Gasteiger partial charge in [-0.05, 0) is 85.9 Å². The van der Waals surface area contributed by atoms with Crippen molar-refractivity contribution >= 4 is 23.0 Å². The molecular formula is C26H32ClN3. The van der Waals surface area contributed by atoms with E-state index < -0.39 is 0 Å². The number of anilines is 2. The van der Waals surface area contributed by atoms with Crippen molar-refractivity contribution in [2.75, 3.05) is 29.4 Å². The van der Waals surface area contributed by atoms with Crippen molar-refractivity contribution in [1.29, 1.82) is 5.26 Å². The van der Waals surface area contributed by atoms with Crippen molar-refractivity contribution in [3.8, 4) is 6.07 Å². The Morgan fingerprint density at radius 1 is 1.10 bits per heavy atom. The van der Waals surface area contributed by atoms with E-state index in [0.29, 0.717) is 28.0 Å². The molecule has 1 atom stereocenters. The molecule has 4 rings (SSSR count). The van der Waals surface area contributed by atoms with Crippen LogP contribution in [-0.2, 0) is 0 Å². The number of nitrogens with zero attached hydrogens (tertiary/aromatic N) is 3. The number of nitriles is 1. The minimum absolute atomic E-state index is 0.378. The summed E-state index contributed by atoms with van der Waals surface area (Å²) >= 11 is 6.31. The van der Waals surface area contributed by atoms with E-state index in [1.165, 1.54) is 36.1 Å². The lowest BCUT2D eigenvalue weighted by molar-refractivity contribution is 0.245. The summed E-state index contributed by atoms with van der Waals surface area (Å²) < 4.78 is 0. The fourth-order valence-corrected chi connectivity index (χ4v) is 5.76. The summed E-state index contributed by atoms with van der Waals surface area (Å²) in [7, 11) is 0. The molecule has 2 aromatic carbocycles. The summed E-state index contributed by atoms with van der Waals surface area (Å²) in [5.74, 6) is 0.574. The van der Waals surface area contributed by atoms with Gasteiger partial charge in [0.1, 0.15) is 6.07 Å². The molecule has 158 valence electrons. The second kappa shape index (κ2) is 8.16. The normalized spacial score (nSPS) is 20.8. The summed E-state index contributed by atoms with van der Waals surface area (Å²) in [6.07, 6.45) is 3.68. The maximum absolute atomic E-state index is 9.15. The van der Waals surface area contributed by atoms with Crippen LogP contribution in [0.2, 0.25) is 5.02 Å². The second-order valence-electron chi connectivity index (χ2n) is 9.64. The van der Waals surface area contributed by atoms with E-state index in [1.807, 2.05) is 18.2 Å². The molecule has 0 bridgehead atoms. The molecular weight excluding hydrogens is 390 g/mol. The van der Waals surface area contributed by atoms with Gasteiger partial charge in [0.25, 0.3) is 0 Å². The van der Waals surface area contributed by atoms with Crippen LogP contribution in [0.25, 0.3) is 0 Å². The molecule has 0 aliphatic carbocycles. The van der Waals surface area contributed by atoms with Crippen LogP contribution in [0.5, 0.6) is 0 Å². The number of hydrogen-bond donors (Lipinski definition) is 0. The number of hydrogen-bond acceptors (Lipinski definition) is 3. The van der Waals surface area contributed by atoms with Gasteiger partial charge in [-0.25, -0.2) is 0 Å². The Balaban J connectivity index is 1.45. The molecule has 2 saturated heterocycles. The molecule has 4 heteroatoms. The molecule has 2 fully saturated rings. The first-order valence-electron chi connectivity index (χ1n) is 11.1. The summed E-state index contributed by atoms with van der Waals surface area (Å²) in [6.45, 7) is 12.4. The van der Waals surface area contributed by atoms with Gasteiger partial charge in [0, 0.05) is 37.1 Å². The number of aryl methyl sites for hydroxylation is 1. The van der Waals surface area contributed by atoms with Gasteiger partial charge in [0.2, 0.25) is 0 Å². The van der Waals surface area contributed by atoms with E-state index in [9.17, 15) is 0 Å². The third-order valence-electron chi connectivity index (χ3n) is 7.24. The van der Waals surface area contributed by atoms with Gasteiger partial charge in [0.15, 0.2) is 0 Å². The van der Waals surface area contributed by atoms with Crippen molar-refractivity contribution in [3.05, 3.63) is 58.1 Å². The standard InChI is InChI=1S/C26H32ClN3/c1-18(2)24-8-7-22(13-19(24)3)29-11-9-26(10-12-29)15-20(4)30(17-26)23-6-5-21(16-28)25(27)14-23/h5-8,13-14,18,20H,9-12,15,17H2,1-4H3. The van der Waals surface area contributed by atoms with Crippen LogP contribution < -0.4 is 9.80 Å². The smallest absolute Gasteiger partial charge is 0.101 e. The van der Waals surface area contributed by atoms with Crippen molar-refractivity contribution in [2.24, 2.45) is 5.41 Å². The molecule has 2 aromatic rings. The minimum Gasteiger partial charge on any atom is -0.371 e. The average Bonchev–Trinajstić information content (AvgIpc) is 3.03. The lowest BCUT2D eigenvalue weighted by atomic mass is 9.76. The SMILES string of the molecule is Cc1cc(N2CCC3(CC2)CC(C)N(c2ccc(C#N)c(Cl)c2)C3)ccc1C(C)C. The molecule has 0 amide bonds. The zero-order valence-electron chi connectivity index (χ0n) is 18.6. The van der Waals surface area contributed by atoms with Gasteiger partial charge in [-0.1, -0.05) is 31.5 Å². The van der Waals surface area contributed by atoms with Crippen molar-refractivity contribution in [1.82, 2.24) is 0 Å². The Kier molecular flexibility index (Phi) is 5.73. The predicted octanol–water partition coefficient (Wildman–Crippen LogP) is 6.53. The zero-order valence-corrected chi connectivity index (χ0v) is 19.3. The second-order valence-corrected chi connectivity index (χ2v) is 10.0. The van der Waals surface area contributed by atoms with Gasteiger partial charge in [-0.15, -0.1) is 0 Å². The molecule has 2 heterocycles. The van der Waals surface area contributed by atoms with E-state index in [0.717, 1.165) is 25.3 Å². The Labute approximate surface area is 186 Å². The van der Waals surface area contributed by atoms with Crippen LogP contribution >= 0.6 is 11.6 Å². The fraction of sp³-hybridized carbons (Fsp3) is 0.500. The number of piperidine rings is 1. The monoisotopic (exact) mass is 421 g/mol. The molecule has 2 aliphatic rings. The van der Waals surface area contributed by atoms with Gasteiger partial charge < -0.3 is 9.80 Å². The predicted molar refractivity (Wildman–Crippen MR) is 127 cm³/mol. The third-order valence-corrected chi connectivity index (χ3v) is 7.55. The lowest BCUT2D eigenvalue weighted by Gasteiger charge is -2.40. The highest BCUT2D eigenvalue weighted by molar-refractivity contribution is 6.32. The Morgan fingerprint density at radius 3 is 2.40 bits per heavy atom. The molecule has 0 saturated carbocycles. The lowest BCUT2D eigenvalue weighted by Crippen LogP contribution is -2.41. The molecule has 1 spiro atoms. The van der Waals surface area contributed by atoms with Crippen LogP contribution in [0.15, 0.2) is 36.4 Å². The third kappa shape index (κ3) is 3.91. The van der Waals surface area contributed by atoms with Crippen LogP contribution in [0.3, 0.4) is 0 Å². The topological polar surface area (TPSA) is 30.3 Å². The highest BCUT2D eigenvalue weighted by Gasteiger charge is 2.44. The van der Waals surface area contributed by atoms with Gasteiger partial charge >= 0.3 is 0 Å². The maximum Gasteiger partial charge on any atom is 0.101 e. The summed E-state index contributed by atoms with van der Waals surface area (Å²) in [5.41, 5.74) is 6.30. The van der Waals surface area contributed by atoms with E-state index >= 15 is 0 Å². The molecule has 3 nitrogen and oxygen atoms in total. The minimum atomic E-state index is 0.378. The highest BCUT2D eigenvalue weighted by atomic mass is 35.5. The van der Waals surface area contributed by atoms with Crippen LogP contribution in [0.1, 0.15) is 62.6 Å². The fourth-order valence-electron chi connectivity index (χ4n) is 5.54. The van der Waals surface area contributed by atoms with E-state index in [1.54, 1.807) is 0 Å². The first kappa shape index (κ1) is 21.1. The van der Waals surface area contributed by atoms with Gasteiger partial charge in [0.05, 0.1) is 10.6 Å². The molecule has 1 unspecified atom stereocenters. The van der Waals surface area contributed by atoms with Crippen molar-refractivity contribution < 1.29 is 0 Å². The van der Waals surface area contributed by atoms with Crippen LogP contribution in [0, 0.1) is 23.7 Å². The quantitative estimate of drug-likeness (QED) is 0.564. The van der Waals surface area contributed by atoms with Gasteiger partial charge in [-0.2, -0.15) is 5.26 Å². The molecule has 2 aliphatic heterocycles. The van der Waals surface area contributed by atoms with Crippen molar-refractivity contribution in [2.45, 2.75) is 58.9 Å². The zero-order chi connectivity index (χ0) is 21.5.